The van der Waals surface area contributed by atoms with Crippen LogP contribution in [0.15, 0.2) is 23.1 Å². The Morgan fingerprint density at radius 2 is 2.25 bits per heavy atom. The number of rotatable bonds is 1. The number of nitrogens with zero attached hydrogens (tertiary/aromatic N) is 1. The van der Waals surface area contributed by atoms with E-state index >= 15 is 0 Å². The maximum atomic E-state index is 11.6. The maximum Gasteiger partial charge on any atom is 0.244 e. The lowest BCUT2D eigenvalue weighted by Crippen LogP contribution is -2.38. The second-order valence-corrected chi connectivity index (χ2v) is 4.39. The molecule has 0 N–H and O–H groups in total. The third-order valence-electron chi connectivity index (χ3n) is 2.32. The fraction of sp³-hybridized carbons (Fsp3) is 0.273. The number of amides is 2. The van der Waals surface area contributed by atoms with Crippen molar-refractivity contribution >= 4 is 29.3 Å². The molecule has 84 valence electrons. The summed E-state index contributed by atoms with van der Waals surface area (Å²) in [4.78, 5) is 25.1. The van der Waals surface area contributed by atoms with Crippen LogP contribution in [0.1, 0.15) is 6.92 Å². The van der Waals surface area contributed by atoms with Crippen LogP contribution in [0, 0.1) is 0 Å². The third-order valence-corrected chi connectivity index (χ3v) is 3.35. The predicted octanol–water partition coefficient (Wildman–Crippen LogP) is 1.68. The summed E-state index contributed by atoms with van der Waals surface area (Å²) in [5, 5.41) is 0. The van der Waals surface area contributed by atoms with E-state index < -0.39 is 0 Å². The Hall–Kier alpha value is -1.49. The zero-order valence-electron chi connectivity index (χ0n) is 9.02. The highest BCUT2D eigenvalue weighted by Gasteiger charge is 2.27. The lowest BCUT2D eigenvalue weighted by molar-refractivity contribution is -0.124. The van der Waals surface area contributed by atoms with Crippen LogP contribution in [0.4, 0.5) is 5.69 Å². The van der Waals surface area contributed by atoms with Crippen LogP contribution in [0.3, 0.4) is 0 Å². The van der Waals surface area contributed by atoms with Crippen molar-refractivity contribution in [3.63, 3.8) is 0 Å². The van der Waals surface area contributed by atoms with Crippen LogP contribution >= 0.6 is 11.8 Å². The summed E-state index contributed by atoms with van der Waals surface area (Å²) in [5.41, 5.74) is 0.648. The number of benzene rings is 1. The molecule has 1 heterocycles. The number of imide groups is 1. The van der Waals surface area contributed by atoms with Crippen LogP contribution in [0.2, 0.25) is 0 Å². The fourth-order valence-corrected chi connectivity index (χ4v) is 2.52. The number of anilines is 1. The number of hydrogen-bond donors (Lipinski definition) is 0. The van der Waals surface area contributed by atoms with E-state index in [-0.39, 0.29) is 11.8 Å². The number of thioether (sulfide) groups is 1. The number of carbonyl (C=O) groups excluding carboxylic acids is 2. The normalized spacial score (nSPS) is 14.6. The SMILES string of the molecule is COc1ccc2c(c1)SCC(=O)N2C(C)=O. The summed E-state index contributed by atoms with van der Waals surface area (Å²) < 4.78 is 5.10. The van der Waals surface area contributed by atoms with E-state index in [1.807, 2.05) is 6.07 Å². The molecule has 0 aliphatic carbocycles. The number of carbonyl (C=O) groups is 2. The molecular formula is C11H11NO3S. The summed E-state index contributed by atoms with van der Waals surface area (Å²) in [5.74, 6) is 0.593. The maximum absolute atomic E-state index is 11.6. The van der Waals surface area contributed by atoms with Gasteiger partial charge in [0.2, 0.25) is 11.8 Å². The Balaban J connectivity index is 2.48. The van der Waals surface area contributed by atoms with Gasteiger partial charge in [-0.3, -0.25) is 9.59 Å². The van der Waals surface area contributed by atoms with Gasteiger partial charge in [-0.25, -0.2) is 4.90 Å². The van der Waals surface area contributed by atoms with E-state index in [9.17, 15) is 9.59 Å². The molecule has 0 unspecified atom stereocenters. The van der Waals surface area contributed by atoms with Gasteiger partial charge >= 0.3 is 0 Å². The number of fused-ring (bicyclic) bond motifs is 1. The van der Waals surface area contributed by atoms with Gasteiger partial charge in [0, 0.05) is 11.8 Å². The second-order valence-electron chi connectivity index (χ2n) is 3.37. The molecule has 1 aromatic carbocycles. The lowest BCUT2D eigenvalue weighted by atomic mass is 10.2. The molecule has 16 heavy (non-hydrogen) atoms. The van der Waals surface area contributed by atoms with Crippen molar-refractivity contribution < 1.29 is 14.3 Å². The molecule has 0 saturated heterocycles. The molecule has 0 saturated carbocycles. The van der Waals surface area contributed by atoms with Gasteiger partial charge in [-0.05, 0) is 18.2 Å². The molecule has 5 heteroatoms. The molecule has 1 aliphatic heterocycles. The van der Waals surface area contributed by atoms with Gasteiger partial charge in [0.15, 0.2) is 0 Å². The molecular weight excluding hydrogens is 226 g/mol. The minimum atomic E-state index is -0.253. The van der Waals surface area contributed by atoms with Crippen molar-refractivity contribution in [2.75, 3.05) is 17.8 Å². The topological polar surface area (TPSA) is 46.6 Å². The Bertz CT molecular complexity index is 459. The highest BCUT2D eigenvalue weighted by Crippen LogP contribution is 2.37. The molecule has 4 nitrogen and oxygen atoms in total. The van der Waals surface area contributed by atoms with E-state index in [0.717, 1.165) is 10.6 Å². The molecule has 0 spiro atoms. The summed E-state index contributed by atoms with van der Waals surface area (Å²) in [6.45, 7) is 1.39. The summed E-state index contributed by atoms with van der Waals surface area (Å²) in [6.07, 6.45) is 0. The van der Waals surface area contributed by atoms with Gasteiger partial charge < -0.3 is 4.74 Å². The zero-order chi connectivity index (χ0) is 11.7. The molecule has 0 aromatic heterocycles. The average Bonchev–Trinajstić information content (AvgIpc) is 2.27. The highest BCUT2D eigenvalue weighted by molar-refractivity contribution is 8.00. The van der Waals surface area contributed by atoms with Crippen molar-refractivity contribution in [3.05, 3.63) is 18.2 Å². The number of hydrogen-bond acceptors (Lipinski definition) is 4. The molecule has 1 aromatic rings. The van der Waals surface area contributed by atoms with E-state index in [0.29, 0.717) is 11.4 Å². The van der Waals surface area contributed by atoms with Gasteiger partial charge in [0.05, 0.1) is 18.6 Å². The molecule has 2 amide bonds. The van der Waals surface area contributed by atoms with Crippen molar-refractivity contribution in [3.8, 4) is 5.75 Å². The first-order valence-corrected chi connectivity index (χ1v) is 5.76. The van der Waals surface area contributed by atoms with E-state index in [4.69, 9.17) is 4.74 Å². The van der Waals surface area contributed by atoms with E-state index in [1.165, 1.54) is 23.6 Å². The predicted molar refractivity (Wildman–Crippen MR) is 61.9 cm³/mol. The Labute approximate surface area is 97.6 Å². The zero-order valence-corrected chi connectivity index (χ0v) is 9.84. The standard InChI is InChI=1S/C11H11NO3S/c1-7(13)12-9-4-3-8(15-2)5-10(9)16-6-11(12)14/h3-5H,6H2,1-2H3. The first-order chi connectivity index (χ1) is 7.63. The van der Waals surface area contributed by atoms with Crippen LogP contribution in [-0.4, -0.2) is 24.7 Å². The molecule has 0 bridgehead atoms. The van der Waals surface area contributed by atoms with Crippen LogP contribution in [0.25, 0.3) is 0 Å². The third kappa shape index (κ3) is 1.78. The second kappa shape index (κ2) is 4.17. The Morgan fingerprint density at radius 3 is 2.88 bits per heavy atom. The quantitative estimate of drug-likeness (QED) is 0.745. The first-order valence-electron chi connectivity index (χ1n) is 4.78. The smallest absolute Gasteiger partial charge is 0.244 e. The van der Waals surface area contributed by atoms with E-state index in [2.05, 4.69) is 0 Å². The van der Waals surface area contributed by atoms with Crippen LogP contribution in [0.5, 0.6) is 5.75 Å². The van der Waals surface area contributed by atoms with Gasteiger partial charge in [-0.15, -0.1) is 11.8 Å². The monoisotopic (exact) mass is 237 g/mol. The molecule has 0 fully saturated rings. The molecule has 0 atom stereocenters. The van der Waals surface area contributed by atoms with Crippen LogP contribution < -0.4 is 9.64 Å². The van der Waals surface area contributed by atoms with Crippen molar-refractivity contribution in [2.45, 2.75) is 11.8 Å². The summed E-state index contributed by atoms with van der Waals surface area (Å²) >= 11 is 1.42. The first kappa shape index (κ1) is 11.0. The Morgan fingerprint density at radius 1 is 1.50 bits per heavy atom. The number of ether oxygens (including phenoxy) is 1. The largest absolute Gasteiger partial charge is 0.497 e. The highest BCUT2D eigenvalue weighted by atomic mass is 32.2. The van der Waals surface area contributed by atoms with Gasteiger partial charge in [0.1, 0.15) is 5.75 Å². The molecule has 2 rings (SSSR count). The summed E-state index contributed by atoms with van der Waals surface area (Å²) in [6, 6.07) is 5.32. The van der Waals surface area contributed by atoms with Gasteiger partial charge in [0.25, 0.3) is 0 Å². The Kier molecular flexibility index (Phi) is 2.87. The van der Waals surface area contributed by atoms with Gasteiger partial charge in [-0.1, -0.05) is 0 Å². The van der Waals surface area contributed by atoms with Crippen molar-refractivity contribution in [1.82, 2.24) is 0 Å². The number of methoxy groups -OCH3 is 1. The van der Waals surface area contributed by atoms with Gasteiger partial charge in [-0.2, -0.15) is 0 Å². The minimum Gasteiger partial charge on any atom is -0.497 e. The summed E-state index contributed by atoms with van der Waals surface area (Å²) in [7, 11) is 1.59. The average molecular weight is 237 g/mol. The lowest BCUT2D eigenvalue weighted by Gasteiger charge is -2.26. The molecule has 0 radical (unpaired) electrons. The van der Waals surface area contributed by atoms with Crippen molar-refractivity contribution in [2.24, 2.45) is 0 Å². The minimum absolute atomic E-state index is 0.171. The van der Waals surface area contributed by atoms with Crippen LogP contribution in [-0.2, 0) is 9.59 Å². The van der Waals surface area contributed by atoms with Crippen molar-refractivity contribution in [1.29, 1.82) is 0 Å². The fourth-order valence-electron chi connectivity index (χ4n) is 1.61. The van der Waals surface area contributed by atoms with E-state index in [1.54, 1.807) is 19.2 Å². The molecule has 1 aliphatic rings.